The fourth-order valence-corrected chi connectivity index (χ4v) is 1.87. The average molecular weight is 264 g/mol. The van der Waals surface area contributed by atoms with E-state index in [9.17, 15) is 10.1 Å². The fraction of sp³-hybridized carbons (Fsp3) is 0.455. The fourth-order valence-electron chi connectivity index (χ4n) is 1.87. The van der Waals surface area contributed by atoms with Crippen LogP contribution >= 0.6 is 0 Å². The van der Waals surface area contributed by atoms with E-state index in [2.05, 4.69) is 15.5 Å². The molecule has 19 heavy (non-hydrogen) atoms. The Hall–Kier alpha value is -2.38. The minimum atomic E-state index is -0.402. The predicted molar refractivity (Wildman–Crippen MR) is 70.4 cm³/mol. The molecule has 0 aliphatic carbocycles. The molecule has 0 aliphatic heterocycles. The zero-order chi connectivity index (χ0) is 14.2. The Kier molecular flexibility index (Phi) is 3.24. The summed E-state index contributed by atoms with van der Waals surface area (Å²) in [6, 6.07) is 0. The Labute approximate surface area is 110 Å². The lowest BCUT2D eigenvalue weighted by molar-refractivity contribution is -0.384. The highest BCUT2D eigenvalue weighted by atomic mass is 16.6. The molecule has 8 nitrogen and oxygen atoms in total. The number of anilines is 2. The summed E-state index contributed by atoms with van der Waals surface area (Å²) in [6.07, 6.45) is 3.34. The van der Waals surface area contributed by atoms with Gasteiger partial charge in [0.25, 0.3) is 0 Å². The van der Waals surface area contributed by atoms with Crippen LogP contribution in [0.3, 0.4) is 0 Å². The molecule has 0 unspecified atom stereocenters. The van der Waals surface area contributed by atoms with Crippen LogP contribution in [0.1, 0.15) is 25.5 Å². The van der Waals surface area contributed by atoms with Crippen molar-refractivity contribution in [3.8, 4) is 0 Å². The van der Waals surface area contributed by atoms with Gasteiger partial charge in [0.05, 0.1) is 16.8 Å². The summed E-state index contributed by atoms with van der Waals surface area (Å²) in [5, 5.41) is 22.5. The third kappa shape index (κ3) is 2.42. The van der Waals surface area contributed by atoms with Crippen LogP contribution in [0.4, 0.5) is 17.2 Å². The molecule has 2 heterocycles. The van der Waals surface area contributed by atoms with Crippen molar-refractivity contribution in [3.63, 3.8) is 0 Å². The molecule has 0 aliphatic rings. The van der Waals surface area contributed by atoms with E-state index in [4.69, 9.17) is 0 Å². The maximum absolute atomic E-state index is 11.2. The summed E-state index contributed by atoms with van der Waals surface area (Å²) < 4.78 is 3.11. The number of aromatic nitrogens is 4. The standard InChI is InChI=1S/C11H16N6O2/c1-7(2)9-10(17(18)19)11(16(4)14-9)13-8-5-12-15(3)6-8/h5-7,13H,1-4H3. The Morgan fingerprint density at radius 1 is 1.42 bits per heavy atom. The van der Waals surface area contributed by atoms with Gasteiger partial charge in [-0.05, 0) is 0 Å². The highest BCUT2D eigenvalue weighted by Crippen LogP contribution is 2.34. The van der Waals surface area contributed by atoms with Gasteiger partial charge in [0.2, 0.25) is 5.82 Å². The van der Waals surface area contributed by atoms with E-state index in [0.29, 0.717) is 17.2 Å². The highest BCUT2D eigenvalue weighted by molar-refractivity contribution is 5.67. The van der Waals surface area contributed by atoms with Crippen LogP contribution in [0.25, 0.3) is 0 Å². The molecular weight excluding hydrogens is 248 g/mol. The van der Waals surface area contributed by atoms with Crippen LogP contribution in [0.15, 0.2) is 12.4 Å². The van der Waals surface area contributed by atoms with Gasteiger partial charge in [0.15, 0.2) is 0 Å². The van der Waals surface area contributed by atoms with Crippen LogP contribution in [-0.2, 0) is 14.1 Å². The van der Waals surface area contributed by atoms with E-state index in [1.54, 1.807) is 31.2 Å². The Morgan fingerprint density at radius 2 is 2.11 bits per heavy atom. The molecule has 0 amide bonds. The minimum Gasteiger partial charge on any atom is -0.332 e. The molecule has 0 saturated carbocycles. The number of hydrogen-bond donors (Lipinski definition) is 1. The summed E-state index contributed by atoms with van der Waals surface area (Å²) in [5.41, 5.74) is 1.17. The lowest BCUT2D eigenvalue weighted by Crippen LogP contribution is -2.01. The summed E-state index contributed by atoms with van der Waals surface area (Å²) in [7, 11) is 3.46. The number of rotatable bonds is 4. The van der Waals surface area contributed by atoms with Gasteiger partial charge in [-0.15, -0.1) is 0 Å². The first-order valence-corrected chi connectivity index (χ1v) is 5.87. The van der Waals surface area contributed by atoms with Gasteiger partial charge >= 0.3 is 5.69 Å². The van der Waals surface area contributed by atoms with Gasteiger partial charge in [-0.25, -0.2) is 4.68 Å². The Bertz CT molecular complexity index is 613. The second-order valence-electron chi connectivity index (χ2n) is 4.65. The molecule has 0 fully saturated rings. The summed E-state index contributed by atoms with van der Waals surface area (Å²) in [4.78, 5) is 10.8. The molecule has 102 valence electrons. The Balaban J connectivity index is 2.47. The van der Waals surface area contributed by atoms with Crippen LogP contribution in [-0.4, -0.2) is 24.5 Å². The maximum atomic E-state index is 11.2. The molecule has 0 radical (unpaired) electrons. The van der Waals surface area contributed by atoms with Crippen molar-refractivity contribution in [2.75, 3.05) is 5.32 Å². The highest BCUT2D eigenvalue weighted by Gasteiger charge is 2.28. The van der Waals surface area contributed by atoms with Crippen LogP contribution in [0, 0.1) is 10.1 Å². The van der Waals surface area contributed by atoms with E-state index in [0.717, 1.165) is 0 Å². The van der Waals surface area contributed by atoms with Crippen LogP contribution in [0.5, 0.6) is 0 Å². The van der Waals surface area contributed by atoms with Crippen molar-refractivity contribution in [2.24, 2.45) is 14.1 Å². The number of nitrogens with one attached hydrogen (secondary N) is 1. The molecule has 1 N–H and O–H groups in total. The first-order valence-electron chi connectivity index (χ1n) is 5.87. The van der Waals surface area contributed by atoms with Gasteiger partial charge in [0.1, 0.15) is 5.69 Å². The van der Waals surface area contributed by atoms with Crippen molar-refractivity contribution in [2.45, 2.75) is 19.8 Å². The van der Waals surface area contributed by atoms with Crippen molar-refractivity contribution >= 4 is 17.2 Å². The largest absolute Gasteiger partial charge is 0.334 e. The van der Waals surface area contributed by atoms with Gasteiger partial charge in [-0.1, -0.05) is 13.8 Å². The second kappa shape index (κ2) is 4.71. The topological polar surface area (TPSA) is 90.8 Å². The summed E-state index contributed by atoms with van der Waals surface area (Å²) in [5.74, 6) is 0.345. The van der Waals surface area contributed by atoms with Crippen molar-refractivity contribution in [3.05, 3.63) is 28.2 Å². The summed E-state index contributed by atoms with van der Waals surface area (Å²) in [6.45, 7) is 3.76. The quantitative estimate of drug-likeness (QED) is 0.673. The van der Waals surface area contributed by atoms with E-state index in [1.807, 2.05) is 13.8 Å². The Morgan fingerprint density at radius 3 is 2.58 bits per heavy atom. The SMILES string of the molecule is CC(C)c1nn(C)c(Nc2cnn(C)c2)c1[N+](=O)[O-]. The van der Waals surface area contributed by atoms with Crippen molar-refractivity contribution in [1.82, 2.24) is 19.6 Å². The molecule has 0 atom stereocenters. The average Bonchev–Trinajstić information content (AvgIpc) is 2.84. The van der Waals surface area contributed by atoms with Crippen molar-refractivity contribution in [1.29, 1.82) is 0 Å². The van der Waals surface area contributed by atoms with Gasteiger partial charge in [-0.3, -0.25) is 14.8 Å². The van der Waals surface area contributed by atoms with Crippen LogP contribution < -0.4 is 5.32 Å². The molecule has 0 spiro atoms. The molecule has 0 aromatic carbocycles. The normalized spacial score (nSPS) is 11.0. The first kappa shape index (κ1) is 13.1. The minimum absolute atomic E-state index is 0.0151. The maximum Gasteiger partial charge on any atom is 0.334 e. The van der Waals surface area contributed by atoms with E-state index >= 15 is 0 Å². The van der Waals surface area contributed by atoms with E-state index in [1.165, 1.54) is 4.68 Å². The number of nitrogens with zero attached hydrogens (tertiary/aromatic N) is 5. The van der Waals surface area contributed by atoms with Gasteiger partial charge in [-0.2, -0.15) is 10.2 Å². The van der Waals surface area contributed by atoms with Crippen molar-refractivity contribution < 1.29 is 4.92 Å². The summed E-state index contributed by atoms with van der Waals surface area (Å²) >= 11 is 0. The molecule has 2 aromatic rings. The lowest BCUT2D eigenvalue weighted by Gasteiger charge is -2.03. The second-order valence-corrected chi connectivity index (χ2v) is 4.65. The molecule has 2 rings (SSSR count). The monoisotopic (exact) mass is 264 g/mol. The third-order valence-corrected chi connectivity index (χ3v) is 2.75. The zero-order valence-corrected chi connectivity index (χ0v) is 11.3. The number of nitro groups is 1. The molecule has 0 bridgehead atoms. The zero-order valence-electron chi connectivity index (χ0n) is 11.3. The molecule has 0 saturated heterocycles. The number of hydrogen-bond acceptors (Lipinski definition) is 5. The van der Waals surface area contributed by atoms with Gasteiger partial charge < -0.3 is 5.32 Å². The molecular formula is C11H16N6O2. The smallest absolute Gasteiger partial charge is 0.332 e. The molecule has 8 heteroatoms. The third-order valence-electron chi connectivity index (χ3n) is 2.75. The lowest BCUT2D eigenvalue weighted by atomic mass is 10.1. The van der Waals surface area contributed by atoms with E-state index in [-0.39, 0.29) is 11.6 Å². The molecule has 2 aromatic heterocycles. The predicted octanol–water partition coefficient (Wildman–Crippen LogP) is 1.93. The first-order chi connectivity index (χ1) is 8.90. The van der Waals surface area contributed by atoms with Crippen LogP contribution in [0.2, 0.25) is 0 Å². The van der Waals surface area contributed by atoms with Gasteiger partial charge in [0, 0.05) is 26.2 Å². The number of aryl methyl sites for hydroxylation is 2. The van der Waals surface area contributed by atoms with E-state index < -0.39 is 4.92 Å².